The molecule has 0 bridgehead atoms. The lowest BCUT2D eigenvalue weighted by Gasteiger charge is -2.33. The van der Waals surface area contributed by atoms with E-state index < -0.39 is 0 Å². The Morgan fingerprint density at radius 3 is 2.30 bits per heavy atom. The van der Waals surface area contributed by atoms with Crippen molar-refractivity contribution in [3.05, 3.63) is 90.2 Å². The highest BCUT2D eigenvalue weighted by Gasteiger charge is 2.22. The van der Waals surface area contributed by atoms with Gasteiger partial charge in [0, 0.05) is 5.56 Å². The van der Waals surface area contributed by atoms with Crippen molar-refractivity contribution in [2.24, 2.45) is 0 Å². The third-order valence-electron chi connectivity index (χ3n) is 5.00. The zero-order valence-corrected chi connectivity index (χ0v) is 15.3. The molecule has 1 aliphatic heterocycles. The summed E-state index contributed by atoms with van der Waals surface area (Å²) in [7, 11) is 0. The van der Waals surface area contributed by atoms with Gasteiger partial charge in [-0.2, -0.15) is 0 Å². The Labute approximate surface area is 159 Å². The maximum atomic E-state index is 14.0. The Hall–Kier alpha value is -2.85. The SMILES string of the molecule is Fc1ccccc1N1CC[NH+](Cc2cccc(Oc3ccccc3)c2)CC1. The van der Waals surface area contributed by atoms with Crippen LogP contribution in [0.4, 0.5) is 10.1 Å². The molecule has 1 fully saturated rings. The highest BCUT2D eigenvalue weighted by atomic mass is 19.1. The smallest absolute Gasteiger partial charge is 0.146 e. The summed E-state index contributed by atoms with van der Waals surface area (Å²) in [6, 6.07) is 25.2. The van der Waals surface area contributed by atoms with Crippen LogP contribution < -0.4 is 14.5 Å². The molecule has 1 N–H and O–H groups in total. The van der Waals surface area contributed by atoms with E-state index in [2.05, 4.69) is 17.0 Å². The van der Waals surface area contributed by atoms with E-state index in [1.54, 1.807) is 6.07 Å². The number of halogens is 1. The predicted octanol–water partition coefficient (Wildman–Crippen LogP) is 3.52. The van der Waals surface area contributed by atoms with Gasteiger partial charge in [-0.1, -0.05) is 42.5 Å². The van der Waals surface area contributed by atoms with Crippen molar-refractivity contribution in [2.75, 3.05) is 31.1 Å². The van der Waals surface area contributed by atoms with Crippen LogP contribution in [0.1, 0.15) is 5.56 Å². The predicted molar refractivity (Wildman–Crippen MR) is 106 cm³/mol. The van der Waals surface area contributed by atoms with Gasteiger partial charge in [0.05, 0.1) is 31.9 Å². The quantitative estimate of drug-likeness (QED) is 0.747. The van der Waals surface area contributed by atoms with Gasteiger partial charge in [-0.05, 0) is 36.4 Å². The molecule has 0 atom stereocenters. The first-order valence-corrected chi connectivity index (χ1v) is 9.43. The Balaban J connectivity index is 1.35. The highest BCUT2D eigenvalue weighted by Crippen LogP contribution is 2.22. The van der Waals surface area contributed by atoms with Crippen molar-refractivity contribution >= 4 is 5.69 Å². The van der Waals surface area contributed by atoms with E-state index in [1.165, 1.54) is 16.5 Å². The molecule has 3 nitrogen and oxygen atoms in total. The maximum absolute atomic E-state index is 14.0. The number of para-hydroxylation sites is 2. The molecule has 0 unspecified atom stereocenters. The second-order valence-corrected chi connectivity index (χ2v) is 6.93. The molecule has 27 heavy (non-hydrogen) atoms. The van der Waals surface area contributed by atoms with Gasteiger partial charge in [0.15, 0.2) is 0 Å². The number of ether oxygens (including phenoxy) is 1. The summed E-state index contributed by atoms with van der Waals surface area (Å²) in [5.41, 5.74) is 1.98. The van der Waals surface area contributed by atoms with Gasteiger partial charge in [0.25, 0.3) is 0 Å². The number of piperazine rings is 1. The first kappa shape index (κ1) is 17.6. The lowest BCUT2D eigenvalue weighted by Crippen LogP contribution is -3.13. The van der Waals surface area contributed by atoms with Gasteiger partial charge < -0.3 is 14.5 Å². The molecule has 0 amide bonds. The van der Waals surface area contributed by atoms with Crippen LogP contribution in [0.3, 0.4) is 0 Å². The van der Waals surface area contributed by atoms with E-state index in [4.69, 9.17) is 4.74 Å². The largest absolute Gasteiger partial charge is 0.457 e. The molecule has 0 saturated carbocycles. The molecule has 1 heterocycles. The monoisotopic (exact) mass is 363 g/mol. The van der Waals surface area contributed by atoms with Crippen LogP contribution in [0, 0.1) is 5.82 Å². The minimum Gasteiger partial charge on any atom is -0.457 e. The molecule has 0 aromatic heterocycles. The standard InChI is InChI=1S/C23H23FN2O/c24-22-11-4-5-12-23(22)26-15-13-25(14-16-26)18-19-7-6-10-21(17-19)27-20-8-2-1-3-9-20/h1-12,17H,13-16,18H2/p+1. The van der Waals surface area contributed by atoms with Crippen molar-refractivity contribution in [1.29, 1.82) is 0 Å². The summed E-state index contributed by atoms with van der Waals surface area (Å²) in [6.07, 6.45) is 0. The number of hydrogen-bond donors (Lipinski definition) is 1. The van der Waals surface area contributed by atoms with E-state index in [0.717, 1.165) is 49.9 Å². The summed E-state index contributed by atoms with van der Waals surface area (Å²) in [5, 5.41) is 0. The van der Waals surface area contributed by atoms with Crippen LogP contribution in [0.2, 0.25) is 0 Å². The molecule has 0 radical (unpaired) electrons. The second kappa shape index (κ2) is 8.23. The van der Waals surface area contributed by atoms with Gasteiger partial charge in [-0.3, -0.25) is 0 Å². The third-order valence-corrected chi connectivity index (χ3v) is 5.00. The van der Waals surface area contributed by atoms with Crippen molar-refractivity contribution in [3.8, 4) is 11.5 Å². The molecule has 4 rings (SSSR count). The Kier molecular flexibility index (Phi) is 5.35. The molecule has 3 aromatic rings. The molecular formula is C23H24FN2O+. The van der Waals surface area contributed by atoms with Crippen LogP contribution >= 0.6 is 0 Å². The number of nitrogens with one attached hydrogen (secondary N) is 1. The van der Waals surface area contributed by atoms with Gasteiger partial charge in [-0.15, -0.1) is 0 Å². The Morgan fingerprint density at radius 1 is 0.815 bits per heavy atom. The van der Waals surface area contributed by atoms with E-state index in [9.17, 15) is 4.39 Å². The summed E-state index contributed by atoms with van der Waals surface area (Å²) >= 11 is 0. The molecule has 0 spiro atoms. The first-order chi connectivity index (χ1) is 13.3. The van der Waals surface area contributed by atoms with Crippen LogP contribution in [0.15, 0.2) is 78.9 Å². The average molecular weight is 363 g/mol. The summed E-state index contributed by atoms with van der Waals surface area (Å²) in [5.74, 6) is 1.58. The van der Waals surface area contributed by atoms with Crippen molar-refractivity contribution in [1.82, 2.24) is 0 Å². The number of nitrogens with zero attached hydrogens (tertiary/aromatic N) is 1. The minimum atomic E-state index is -0.133. The lowest BCUT2D eigenvalue weighted by atomic mass is 10.1. The van der Waals surface area contributed by atoms with Gasteiger partial charge in [-0.25, -0.2) is 4.39 Å². The Bertz CT molecular complexity index is 876. The van der Waals surface area contributed by atoms with Crippen LogP contribution in [0.25, 0.3) is 0 Å². The zero-order chi connectivity index (χ0) is 18.5. The highest BCUT2D eigenvalue weighted by molar-refractivity contribution is 5.47. The Morgan fingerprint density at radius 2 is 1.52 bits per heavy atom. The maximum Gasteiger partial charge on any atom is 0.146 e. The third kappa shape index (κ3) is 4.47. The van der Waals surface area contributed by atoms with E-state index in [0.29, 0.717) is 0 Å². The van der Waals surface area contributed by atoms with Crippen molar-refractivity contribution in [2.45, 2.75) is 6.54 Å². The molecule has 138 valence electrons. The van der Waals surface area contributed by atoms with E-state index >= 15 is 0 Å². The van der Waals surface area contributed by atoms with Crippen molar-refractivity contribution < 1.29 is 14.0 Å². The second-order valence-electron chi connectivity index (χ2n) is 6.93. The van der Waals surface area contributed by atoms with Crippen LogP contribution in [-0.2, 0) is 6.54 Å². The molecule has 0 aliphatic carbocycles. The summed E-state index contributed by atoms with van der Waals surface area (Å²) in [6.45, 7) is 4.69. The number of quaternary nitrogens is 1. The molecule has 4 heteroatoms. The molecule has 1 aliphatic rings. The summed E-state index contributed by atoms with van der Waals surface area (Å²) < 4.78 is 19.9. The fourth-order valence-electron chi connectivity index (χ4n) is 3.58. The number of rotatable bonds is 5. The van der Waals surface area contributed by atoms with Gasteiger partial charge >= 0.3 is 0 Å². The minimum absolute atomic E-state index is 0.133. The average Bonchev–Trinajstić information content (AvgIpc) is 2.70. The lowest BCUT2D eigenvalue weighted by molar-refractivity contribution is -0.914. The van der Waals surface area contributed by atoms with Gasteiger partial charge in [0.2, 0.25) is 0 Å². The number of benzene rings is 3. The topological polar surface area (TPSA) is 16.9 Å². The fourth-order valence-corrected chi connectivity index (χ4v) is 3.58. The molecule has 1 saturated heterocycles. The zero-order valence-electron chi connectivity index (χ0n) is 15.3. The van der Waals surface area contributed by atoms with Crippen molar-refractivity contribution in [3.63, 3.8) is 0 Å². The first-order valence-electron chi connectivity index (χ1n) is 9.43. The van der Waals surface area contributed by atoms with Crippen LogP contribution in [0.5, 0.6) is 11.5 Å². The van der Waals surface area contributed by atoms with Crippen LogP contribution in [-0.4, -0.2) is 26.2 Å². The van der Waals surface area contributed by atoms with E-state index in [1.807, 2.05) is 54.6 Å². The molecular weight excluding hydrogens is 339 g/mol. The van der Waals surface area contributed by atoms with Gasteiger partial charge in [0.1, 0.15) is 23.9 Å². The summed E-state index contributed by atoms with van der Waals surface area (Å²) in [4.78, 5) is 3.66. The normalized spacial score (nSPS) is 14.9. The molecule has 3 aromatic carbocycles. The fraction of sp³-hybridized carbons (Fsp3) is 0.217. The number of anilines is 1. The van der Waals surface area contributed by atoms with E-state index in [-0.39, 0.29) is 5.82 Å². The number of hydrogen-bond acceptors (Lipinski definition) is 2.